The van der Waals surface area contributed by atoms with Crippen LogP contribution >= 0.6 is 12.2 Å². The zero-order chi connectivity index (χ0) is 12.4. The van der Waals surface area contributed by atoms with Gasteiger partial charge in [-0.2, -0.15) is 5.10 Å². The lowest BCUT2D eigenvalue weighted by Crippen LogP contribution is -1.90. The van der Waals surface area contributed by atoms with Gasteiger partial charge in [0.1, 0.15) is 0 Å². The molecule has 2 aromatic carbocycles. The van der Waals surface area contributed by atoms with Gasteiger partial charge in [-0.15, -0.1) is 0 Å². The molecule has 0 bridgehead atoms. The van der Waals surface area contributed by atoms with Crippen molar-refractivity contribution in [3.05, 3.63) is 64.9 Å². The van der Waals surface area contributed by atoms with Crippen LogP contribution in [0.3, 0.4) is 0 Å². The van der Waals surface area contributed by atoms with Crippen LogP contribution in [0.2, 0.25) is 0 Å². The van der Waals surface area contributed by atoms with Crippen molar-refractivity contribution in [3.8, 4) is 0 Å². The standard InChI is InChI=1S/C14H11N3S/c18-14-16-12-8-4-5-9-13(12)17(14)15-10-11-6-2-1-3-7-11/h1-10H,(H,16,18). The Morgan fingerprint density at radius 2 is 1.72 bits per heavy atom. The van der Waals surface area contributed by atoms with E-state index in [9.17, 15) is 0 Å². The molecule has 0 fully saturated rings. The van der Waals surface area contributed by atoms with Gasteiger partial charge in [-0.3, -0.25) is 0 Å². The molecule has 0 radical (unpaired) electrons. The fraction of sp³-hybridized carbons (Fsp3) is 0. The van der Waals surface area contributed by atoms with Crippen LogP contribution in [0, 0.1) is 4.77 Å². The average molecular weight is 253 g/mol. The van der Waals surface area contributed by atoms with E-state index < -0.39 is 0 Å². The minimum atomic E-state index is 0.600. The number of benzene rings is 2. The van der Waals surface area contributed by atoms with E-state index in [1.54, 1.807) is 10.9 Å². The third-order valence-electron chi connectivity index (χ3n) is 2.69. The Bertz CT molecular complexity index is 753. The lowest BCUT2D eigenvalue weighted by atomic mass is 10.2. The number of fused-ring (bicyclic) bond motifs is 1. The van der Waals surface area contributed by atoms with E-state index in [1.807, 2.05) is 54.6 Å². The molecule has 0 saturated carbocycles. The van der Waals surface area contributed by atoms with Crippen LogP contribution in [0.1, 0.15) is 5.56 Å². The molecular formula is C14H11N3S. The summed E-state index contributed by atoms with van der Waals surface area (Å²) in [5.74, 6) is 0. The van der Waals surface area contributed by atoms with Gasteiger partial charge in [-0.05, 0) is 29.9 Å². The maximum absolute atomic E-state index is 5.26. The van der Waals surface area contributed by atoms with Crippen LogP contribution in [0.4, 0.5) is 0 Å². The molecule has 0 amide bonds. The van der Waals surface area contributed by atoms with Crippen LogP contribution in [0.25, 0.3) is 11.0 Å². The summed E-state index contributed by atoms with van der Waals surface area (Å²) in [6.45, 7) is 0. The minimum absolute atomic E-state index is 0.600. The first-order chi connectivity index (χ1) is 8.84. The molecule has 1 N–H and O–H groups in total. The highest BCUT2D eigenvalue weighted by Crippen LogP contribution is 2.13. The van der Waals surface area contributed by atoms with Gasteiger partial charge in [-0.1, -0.05) is 42.5 Å². The summed E-state index contributed by atoms with van der Waals surface area (Å²) in [6.07, 6.45) is 1.80. The predicted octanol–water partition coefficient (Wildman–Crippen LogP) is 3.58. The van der Waals surface area contributed by atoms with E-state index in [0.29, 0.717) is 4.77 Å². The molecule has 0 aliphatic rings. The van der Waals surface area contributed by atoms with E-state index >= 15 is 0 Å². The van der Waals surface area contributed by atoms with Gasteiger partial charge in [-0.25, -0.2) is 4.68 Å². The molecule has 0 spiro atoms. The number of H-pyrrole nitrogens is 1. The van der Waals surface area contributed by atoms with E-state index in [4.69, 9.17) is 12.2 Å². The lowest BCUT2D eigenvalue weighted by Gasteiger charge is -1.95. The van der Waals surface area contributed by atoms with Crippen LogP contribution in [0.5, 0.6) is 0 Å². The molecule has 0 aliphatic carbocycles. The van der Waals surface area contributed by atoms with Crippen molar-refractivity contribution >= 4 is 29.5 Å². The Morgan fingerprint density at radius 1 is 1.00 bits per heavy atom. The number of hydrogen-bond acceptors (Lipinski definition) is 2. The van der Waals surface area contributed by atoms with E-state index in [-0.39, 0.29) is 0 Å². The molecule has 3 nitrogen and oxygen atoms in total. The number of aromatic amines is 1. The summed E-state index contributed by atoms with van der Waals surface area (Å²) in [4.78, 5) is 3.13. The summed E-state index contributed by atoms with van der Waals surface area (Å²) >= 11 is 5.26. The zero-order valence-electron chi connectivity index (χ0n) is 9.58. The Balaban J connectivity index is 2.08. The number of aromatic nitrogens is 2. The third-order valence-corrected chi connectivity index (χ3v) is 2.96. The van der Waals surface area contributed by atoms with Crippen molar-refractivity contribution in [1.29, 1.82) is 0 Å². The highest BCUT2D eigenvalue weighted by molar-refractivity contribution is 7.71. The highest BCUT2D eigenvalue weighted by atomic mass is 32.1. The second kappa shape index (κ2) is 4.58. The van der Waals surface area contributed by atoms with Crippen molar-refractivity contribution in [3.63, 3.8) is 0 Å². The predicted molar refractivity (Wildman–Crippen MR) is 76.6 cm³/mol. The smallest absolute Gasteiger partial charge is 0.199 e. The molecule has 0 atom stereocenters. The molecule has 3 rings (SSSR count). The van der Waals surface area contributed by atoms with E-state index in [1.165, 1.54) is 0 Å². The number of rotatable bonds is 2. The maximum Gasteiger partial charge on any atom is 0.199 e. The molecular weight excluding hydrogens is 242 g/mol. The molecule has 1 aromatic heterocycles. The molecule has 18 heavy (non-hydrogen) atoms. The van der Waals surface area contributed by atoms with Crippen LogP contribution in [-0.4, -0.2) is 15.9 Å². The SMILES string of the molecule is S=c1[nH]c2ccccc2n1N=Cc1ccccc1. The molecule has 3 aromatic rings. The number of para-hydroxylation sites is 2. The molecule has 1 heterocycles. The van der Waals surface area contributed by atoms with Gasteiger partial charge in [0.25, 0.3) is 0 Å². The number of hydrogen-bond donors (Lipinski definition) is 1. The van der Waals surface area contributed by atoms with Gasteiger partial charge in [0, 0.05) is 0 Å². The van der Waals surface area contributed by atoms with Crippen molar-refractivity contribution in [2.75, 3.05) is 0 Å². The second-order valence-corrected chi connectivity index (χ2v) is 4.30. The zero-order valence-corrected chi connectivity index (χ0v) is 10.4. The summed E-state index contributed by atoms with van der Waals surface area (Å²) in [5.41, 5.74) is 3.02. The summed E-state index contributed by atoms with van der Waals surface area (Å²) in [6, 6.07) is 17.9. The molecule has 0 saturated heterocycles. The Morgan fingerprint density at radius 3 is 2.56 bits per heavy atom. The quantitative estimate of drug-likeness (QED) is 0.549. The van der Waals surface area contributed by atoms with Crippen LogP contribution in [-0.2, 0) is 0 Å². The van der Waals surface area contributed by atoms with Gasteiger partial charge >= 0.3 is 0 Å². The van der Waals surface area contributed by atoms with Gasteiger partial charge < -0.3 is 4.98 Å². The fourth-order valence-electron chi connectivity index (χ4n) is 1.82. The number of nitrogens with zero attached hydrogens (tertiary/aromatic N) is 2. The number of nitrogens with one attached hydrogen (secondary N) is 1. The van der Waals surface area contributed by atoms with Crippen molar-refractivity contribution in [1.82, 2.24) is 9.66 Å². The van der Waals surface area contributed by atoms with E-state index in [2.05, 4.69) is 10.1 Å². The average Bonchev–Trinajstić information content (AvgIpc) is 2.73. The second-order valence-electron chi connectivity index (χ2n) is 3.91. The normalized spacial score (nSPS) is 11.3. The molecule has 0 aliphatic heterocycles. The fourth-order valence-corrected chi connectivity index (χ4v) is 2.08. The minimum Gasteiger partial charge on any atom is -0.329 e. The van der Waals surface area contributed by atoms with Crippen molar-refractivity contribution < 1.29 is 0 Å². The first kappa shape index (κ1) is 10.9. The Hall–Kier alpha value is -2.20. The highest BCUT2D eigenvalue weighted by Gasteiger charge is 2.00. The van der Waals surface area contributed by atoms with Crippen LogP contribution in [0.15, 0.2) is 59.7 Å². The first-order valence-corrected chi connectivity index (χ1v) is 6.04. The lowest BCUT2D eigenvalue weighted by molar-refractivity contribution is 0.895. The van der Waals surface area contributed by atoms with Crippen LogP contribution < -0.4 is 0 Å². The number of imidazole rings is 1. The van der Waals surface area contributed by atoms with Gasteiger partial charge in [0.2, 0.25) is 0 Å². The monoisotopic (exact) mass is 253 g/mol. The molecule has 0 unspecified atom stereocenters. The third kappa shape index (κ3) is 1.98. The topological polar surface area (TPSA) is 33.1 Å². The molecule has 88 valence electrons. The van der Waals surface area contributed by atoms with Crippen molar-refractivity contribution in [2.45, 2.75) is 0 Å². The van der Waals surface area contributed by atoms with Crippen molar-refractivity contribution in [2.24, 2.45) is 5.10 Å². The maximum atomic E-state index is 5.26. The van der Waals surface area contributed by atoms with Gasteiger partial charge in [0.05, 0.1) is 17.2 Å². The summed E-state index contributed by atoms with van der Waals surface area (Å²) < 4.78 is 2.33. The Kier molecular flexibility index (Phi) is 2.78. The summed E-state index contributed by atoms with van der Waals surface area (Å²) in [5, 5.41) is 4.42. The first-order valence-electron chi connectivity index (χ1n) is 5.64. The summed E-state index contributed by atoms with van der Waals surface area (Å²) in [7, 11) is 0. The van der Waals surface area contributed by atoms with Gasteiger partial charge in [0.15, 0.2) is 4.77 Å². The van der Waals surface area contributed by atoms with E-state index in [0.717, 1.165) is 16.6 Å². The largest absolute Gasteiger partial charge is 0.329 e. The molecule has 4 heteroatoms. The Labute approximate surface area is 109 Å².